The molecule has 0 aliphatic heterocycles. The Bertz CT molecular complexity index is 975. The number of nitrogens with one attached hydrogen (secondary N) is 1. The van der Waals surface area contributed by atoms with Crippen LogP contribution in [0.5, 0.6) is 0 Å². The number of nitrogens with two attached hydrogens (primary N) is 1. The Kier molecular flexibility index (Phi) is 4.65. The molecule has 2 aromatic carbocycles. The maximum Gasteiger partial charge on any atom is 0.338 e. The highest BCUT2D eigenvalue weighted by atomic mass is 16.5. The predicted molar refractivity (Wildman–Crippen MR) is 102 cm³/mol. The first-order chi connectivity index (χ1) is 13.2. The fourth-order valence-corrected chi connectivity index (χ4v) is 3.12. The number of anilines is 3. The number of carbonyl (C=O) groups is 1. The van der Waals surface area contributed by atoms with Gasteiger partial charge in [0, 0.05) is 5.69 Å². The lowest BCUT2D eigenvalue weighted by molar-refractivity contribution is 0.0462. The van der Waals surface area contributed by atoms with Crippen molar-refractivity contribution in [3.8, 4) is 0 Å². The molecule has 27 heavy (non-hydrogen) atoms. The van der Waals surface area contributed by atoms with Crippen LogP contribution >= 0.6 is 0 Å². The molecule has 1 heterocycles. The number of ether oxygens (including phenoxy) is 1. The first-order valence-corrected chi connectivity index (χ1v) is 8.79. The summed E-state index contributed by atoms with van der Waals surface area (Å²) >= 11 is 0. The highest BCUT2D eigenvalue weighted by molar-refractivity contribution is 5.89. The Morgan fingerprint density at radius 3 is 2.70 bits per heavy atom. The lowest BCUT2D eigenvalue weighted by Gasteiger charge is -2.08. The van der Waals surface area contributed by atoms with Crippen molar-refractivity contribution in [2.45, 2.75) is 25.9 Å². The number of nitrogen functional groups attached to an aromatic ring is 1. The Morgan fingerprint density at radius 2 is 1.85 bits per heavy atom. The van der Waals surface area contributed by atoms with E-state index in [1.54, 1.807) is 6.07 Å². The van der Waals surface area contributed by atoms with Crippen molar-refractivity contribution >= 4 is 23.6 Å². The molecule has 0 spiro atoms. The van der Waals surface area contributed by atoms with Crippen LogP contribution in [0.25, 0.3) is 0 Å². The first kappa shape index (κ1) is 17.0. The van der Waals surface area contributed by atoms with E-state index in [9.17, 15) is 4.79 Å². The number of esters is 1. The number of hydrogen-bond acceptors (Lipinski definition) is 7. The number of fused-ring (bicyclic) bond motifs is 1. The van der Waals surface area contributed by atoms with Crippen LogP contribution in [-0.2, 0) is 24.2 Å². The van der Waals surface area contributed by atoms with E-state index in [1.165, 1.54) is 11.1 Å². The molecule has 0 amide bonds. The van der Waals surface area contributed by atoms with Crippen LogP contribution in [0.4, 0.5) is 17.6 Å². The highest BCUT2D eigenvalue weighted by Crippen LogP contribution is 2.23. The molecule has 0 bridgehead atoms. The van der Waals surface area contributed by atoms with Crippen molar-refractivity contribution in [3.63, 3.8) is 0 Å². The summed E-state index contributed by atoms with van der Waals surface area (Å²) in [5.41, 5.74) is 9.65. The van der Waals surface area contributed by atoms with E-state index in [2.05, 4.69) is 20.3 Å². The maximum absolute atomic E-state index is 12.3. The summed E-state index contributed by atoms with van der Waals surface area (Å²) in [7, 11) is 0. The number of aromatic nitrogens is 3. The van der Waals surface area contributed by atoms with Gasteiger partial charge in [-0.15, -0.1) is 0 Å². The van der Waals surface area contributed by atoms with E-state index in [4.69, 9.17) is 10.5 Å². The van der Waals surface area contributed by atoms with Crippen LogP contribution in [0.3, 0.4) is 0 Å². The Balaban J connectivity index is 1.44. The molecule has 0 radical (unpaired) electrons. The molecule has 7 heteroatoms. The van der Waals surface area contributed by atoms with Gasteiger partial charge in [0.1, 0.15) is 0 Å². The molecular formula is C20H19N5O2. The molecule has 1 aliphatic rings. The molecule has 0 unspecified atom stereocenters. The second kappa shape index (κ2) is 7.41. The molecule has 1 aromatic heterocycles. The molecule has 4 rings (SSSR count). The number of hydrogen-bond donors (Lipinski definition) is 2. The van der Waals surface area contributed by atoms with Crippen molar-refractivity contribution < 1.29 is 9.53 Å². The molecule has 136 valence electrons. The van der Waals surface area contributed by atoms with E-state index < -0.39 is 5.97 Å². The summed E-state index contributed by atoms with van der Waals surface area (Å²) in [5.74, 6) is 0.251. The fraction of sp³-hybridized carbons (Fsp3) is 0.200. The third-order valence-corrected chi connectivity index (χ3v) is 4.40. The van der Waals surface area contributed by atoms with Gasteiger partial charge in [0.25, 0.3) is 0 Å². The maximum atomic E-state index is 12.3. The summed E-state index contributed by atoms with van der Waals surface area (Å²) in [6.45, 7) is -0.0773. The molecule has 0 saturated carbocycles. The Morgan fingerprint density at radius 1 is 1.04 bits per heavy atom. The highest BCUT2D eigenvalue weighted by Gasteiger charge is 2.15. The zero-order valence-corrected chi connectivity index (χ0v) is 14.7. The second-order valence-corrected chi connectivity index (χ2v) is 6.34. The minimum atomic E-state index is -0.402. The van der Waals surface area contributed by atoms with Gasteiger partial charge in [0.05, 0.1) is 5.56 Å². The van der Waals surface area contributed by atoms with Crippen molar-refractivity contribution in [1.82, 2.24) is 15.0 Å². The second-order valence-electron chi connectivity index (χ2n) is 6.34. The minimum Gasteiger partial charge on any atom is -0.454 e. The van der Waals surface area contributed by atoms with Gasteiger partial charge in [0.2, 0.25) is 11.9 Å². The standard InChI is InChI=1S/C20H19N5O2/c21-19-23-17(24-20(25-19)22-16-7-2-1-3-8-16)12-27-18(26)15-10-9-13-5-4-6-14(13)11-15/h1-3,7-11H,4-6,12H2,(H3,21,22,23,24,25). The molecule has 3 aromatic rings. The minimum absolute atomic E-state index is 0.0620. The van der Waals surface area contributed by atoms with Gasteiger partial charge in [-0.1, -0.05) is 24.3 Å². The quantitative estimate of drug-likeness (QED) is 0.673. The van der Waals surface area contributed by atoms with Crippen molar-refractivity contribution in [1.29, 1.82) is 0 Å². The molecule has 0 atom stereocenters. The molecule has 1 aliphatic carbocycles. The number of nitrogens with zero attached hydrogens (tertiary/aromatic N) is 3. The first-order valence-electron chi connectivity index (χ1n) is 8.79. The number of carbonyl (C=O) groups excluding carboxylic acids is 1. The van der Waals surface area contributed by atoms with E-state index in [1.807, 2.05) is 42.5 Å². The normalized spacial score (nSPS) is 12.4. The molecule has 0 saturated heterocycles. The van der Waals surface area contributed by atoms with Crippen LogP contribution in [0.15, 0.2) is 48.5 Å². The summed E-state index contributed by atoms with van der Waals surface area (Å²) in [4.78, 5) is 24.7. The van der Waals surface area contributed by atoms with Crippen LogP contribution in [0, 0.1) is 0 Å². The summed E-state index contributed by atoms with van der Waals surface area (Å²) in [6, 6.07) is 15.2. The van der Waals surface area contributed by atoms with Crippen molar-refractivity contribution in [3.05, 3.63) is 71.0 Å². The number of para-hydroxylation sites is 1. The van der Waals surface area contributed by atoms with Gasteiger partial charge in [-0.3, -0.25) is 0 Å². The van der Waals surface area contributed by atoms with Crippen LogP contribution in [-0.4, -0.2) is 20.9 Å². The Labute approximate surface area is 156 Å². The lowest BCUT2D eigenvalue weighted by Crippen LogP contribution is -2.11. The predicted octanol–water partition coefficient (Wildman–Crippen LogP) is 3.04. The summed E-state index contributed by atoms with van der Waals surface area (Å²) in [6.07, 6.45) is 3.22. The summed E-state index contributed by atoms with van der Waals surface area (Å²) < 4.78 is 5.36. The van der Waals surface area contributed by atoms with Crippen molar-refractivity contribution in [2.24, 2.45) is 0 Å². The van der Waals surface area contributed by atoms with Gasteiger partial charge >= 0.3 is 5.97 Å². The average molecular weight is 361 g/mol. The SMILES string of the molecule is Nc1nc(COC(=O)c2ccc3c(c2)CCC3)nc(Nc2ccccc2)n1. The van der Waals surface area contributed by atoms with Gasteiger partial charge < -0.3 is 15.8 Å². The van der Waals surface area contributed by atoms with E-state index in [0.717, 1.165) is 24.9 Å². The van der Waals surface area contributed by atoms with Crippen LogP contribution in [0.1, 0.15) is 33.7 Å². The monoisotopic (exact) mass is 361 g/mol. The number of rotatable bonds is 5. The number of aryl methyl sites for hydroxylation is 2. The molecule has 0 fully saturated rings. The van der Waals surface area contributed by atoms with Crippen LogP contribution < -0.4 is 11.1 Å². The zero-order chi connectivity index (χ0) is 18.6. The van der Waals surface area contributed by atoms with E-state index in [0.29, 0.717) is 11.5 Å². The largest absolute Gasteiger partial charge is 0.454 e. The third-order valence-electron chi connectivity index (χ3n) is 4.40. The van der Waals surface area contributed by atoms with E-state index in [-0.39, 0.29) is 18.4 Å². The Hall–Kier alpha value is -3.48. The van der Waals surface area contributed by atoms with Gasteiger partial charge in [0.15, 0.2) is 12.4 Å². The third kappa shape index (κ3) is 4.03. The average Bonchev–Trinajstić information content (AvgIpc) is 3.14. The van der Waals surface area contributed by atoms with Gasteiger partial charge in [-0.25, -0.2) is 4.79 Å². The fourth-order valence-electron chi connectivity index (χ4n) is 3.12. The van der Waals surface area contributed by atoms with Crippen molar-refractivity contribution in [2.75, 3.05) is 11.1 Å². The molecule has 3 N–H and O–H groups in total. The van der Waals surface area contributed by atoms with Gasteiger partial charge in [-0.2, -0.15) is 15.0 Å². The van der Waals surface area contributed by atoms with E-state index >= 15 is 0 Å². The molecule has 7 nitrogen and oxygen atoms in total. The lowest BCUT2D eigenvalue weighted by atomic mass is 10.1. The smallest absolute Gasteiger partial charge is 0.338 e. The van der Waals surface area contributed by atoms with Gasteiger partial charge in [-0.05, 0) is 54.7 Å². The topological polar surface area (TPSA) is 103 Å². The number of benzene rings is 2. The molecular weight excluding hydrogens is 342 g/mol. The van der Waals surface area contributed by atoms with Crippen LogP contribution in [0.2, 0.25) is 0 Å². The zero-order valence-electron chi connectivity index (χ0n) is 14.7. The summed E-state index contributed by atoms with van der Waals surface area (Å²) in [5, 5.41) is 3.05.